The molecule has 2 fully saturated rings. The van der Waals surface area contributed by atoms with E-state index in [9.17, 15) is 4.79 Å². The van der Waals surface area contributed by atoms with Gasteiger partial charge in [0.2, 0.25) is 5.91 Å². The lowest BCUT2D eigenvalue weighted by molar-refractivity contribution is 0.100. The Labute approximate surface area is 120 Å². The van der Waals surface area contributed by atoms with Crippen LogP contribution in [0.3, 0.4) is 0 Å². The Kier molecular flexibility index (Phi) is 3.92. The van der Waals surface area contributed by atoms with Crippen LogP contribution in [0.2, 0.25) is 0 Å². The first-order valence-corrected chi connectivity index (χ1v) is 7.58. The summed E-state index contributed by atoms with van der Waals surface area (Å²) in [6.07, 6.45) is 4.31. The highest BCUT2D eigenvalue weighted by Gasteiger charge is 2.35. The van der Waals surface area contributed by atoms with Gasteiger partial charge in [0.25, 0.3) is 0 Å². The Balaban J connectivity index is 1.42. The third-order valence-electron chi connectivity index (χ3n) is 4.73. The normalized spacial score (nSPS) is 25.6. The molecule has 1 heterocycles. The molecule has 4 heteroatoms. The molecule has 0 spiro atoms. The van der Waals surface area contributed by atoms with E-state index in [2.05, 4.69) is 10.2 Å². The number of nitrogens with one attached hydrogen (secondary N) is 1. The van der Waals surface area contributed by atoms with Gasteiger partial charge >= 0.3 is 0 Å². The molecule has 0 bridgehead atoms. The van der Waals surface area contributed by atoms with Gasteiger partial charge in [-0.05, 0) is 48.9 Å². The number of fused-ring (bicyclic) bond motifs is 1. The number of anilines is 1. The maximum Gasteiger partial charge on any atom is 0.248 e. The second-order valence-corrected chi connectivity index (χ2v) is 6.08. The number of hydrogen-bond acceptors (Lipinski definition) is 3. The van der Waals surface area contributed by atoms with E-state index in [1.807, 2.05) is 12.1 Å². The van der Waals surface area contributed by atoms with Crippen molar-refractivity contribution in [3.8, 4) is 0 Å². The molecular formula is C16H23N3O. The number of likely N-dealkylation sites (tertiary alicyclic amines) is 1. The van der Waals surface area contributed by atoms with Crippen LogP contribution in [0.15, 0.2) is 24.3 Å². The standard InChI is InChI=1S/C16H23N3O/c17-16(20)12-4-6-15(7-5-12)18-8-9-19-10-13-2-1-3-14(13)11-19/h4-7,13-14,18H,1-3,8-11H2,(H2,17,20). The number of nitrogens with two attached hydrogens (primary N) is 1. The van der Waals surface area contributed by atoms with Crippen LogP contribution in [0.25, 0.3) is 0 Å². The average Bonchev–Trinajstić information content (AvgIpc) is 3.00. The number of nitrogens with zero attached hydrogens (tertiary/aromatic N) is 1. The predicted molar refractivity (Wildman–Crippen MR) is 80.7 cm³/mol. The van der Waals surface area contributed by atoms with Gasteiger partial charge in [-0.1, -0.05) is 6.42 Å². The number of hydrogen-bond donors (Lipinski definition) is 2. The summed E-state index contributed by atoms with van der Waals surface area (Å²) in [4.78, 5) is 13.6. The zero-order valence-corrected chi connectivity index (χ0v) is 11.8. The van der Waals surface area contributed by atoms with Crippen molar-refractivity contribution in [1.29, 1.82) is 0 Å². The van der Waals surface area contributed by atoms with E-state index in [1.54, 1.807) is 12.1 Å². The fraction of sp³-hybridized carbons (Fsp3) is 0.562. The van der Waals surface area contributed by atoms with Gasteiger partial charge in [-0.25, -0.2) is 0 Å². The average molecular weight is 273 g/mol. The van der Waals surface area contributed by atoms with Gasteiger partial charge in [0.05, 0.1) is 0 Å². The molecule has 1 saturated heterocycles. The van der Waals surface area contributed by atoms with Crippen molar-refractivity contribution >= 4 is 11.6 Å². The summed E-state index contributed by atoms with van der Waals surface area (Å²) in [6.45, 7) is 4.62. The van der Waals surface area contributed by atoms with E-state index < -0.39 is 0 Å². The third kappa shape index (κ3) is 2.96. The van der Waals surface area contributed by atoms with Crippen LogP contribution >= 0.6 is 0 Å². The molecule has 1 aromatic rings. The molecular weight excluding hydrogens is 250 g/mol. The van der Waals surface area contributed by atoms with E-state index in [4.69, 9.17) is 5.73 Å². The Morgan fingerprint density at radius 3 is 2.45 bits per heavy atom. The maximum atomic E-state index is 11.0. The molecule has 2 aliphatic rings. The highest BCUT2D eigenvalue weighted by molar-refractivity contribution is 5.93. The van der Waals surface area contributed by atoms with Crippen LogP contribution in [0.4, 0.5) is 5.69 Å². The molecule has 2 atom stereocenters. The van der Waals surface area contributed by atoms with Gasteiger partial charge in [-0.15, -0.1) is 0 Å². The molecule has 3 rings (SSSR count). The molecule has 1 aliphatic heterocycles. The number of benzene rings is 1. The first kappa shape index (κ1) is 13.4. The van der Waals surface area contributed by atoms with Crippen molar-refractivity contribution in [3.05, 3.63) is 29.8 Å². The highest BCUT2D eigenvalue weighted by Crippen LogP contribution is 2.37. The summed E-state index contributed by atoms with van der Waals surface area (Å²) in [5.74, 6) is 1.55. The van der Waals surface area contributed by atoms with Crippen LogP contribution in [-0.2, 0) is 0 Å². The molecule has 20 heavy (non-hydrogen) atoms. The van der Waals surface area contributed by atoms with Crippen molar-refractivity contribution in [2.75, 3.05) is 31.5 Å². The van der Waals surface area contributed by atoms with E-state index in [0.29, 0.717) is 5.56 Å². The fourth-order valence-corrected chi connectivity index (χ4v) is 3.63. The lowest BCUT2D eigenvalue weighted by atomic mass is 10.0. The van der Waals surface area contributed by atoms with Crippen molar-refractivity contribution < 1.29 is 4.79 Å². The smallest absolute Gasteiger partial charge is 0.248 e. The Hall–Kier alpha value is -1.55. The number of rotatable bonds is 5. The Bertz CT molecular complexity index is 459. The fourth-order valence-electron chi connectivity index (χ4n) is 3.63. The third-order valence-corrected chi connectivity index (χ3v) is 4.73. The zero-order valence-electron chi connectivity index (χ0n) is 11.8. The molecule has 3 N–H and O–H groups in total. The minimum Gasteiger partial charge on any atom is -0.384 e. The monoisotopic (exact) mass is 273 g/mol. The molecule has 1 aromatic carbocycles. The number of carbonyl (C=O) groups excluding carboxylic acids is 1. The Morgan fingerprint density at radius 2 is 1.85 bits per heavy atom. The highest BCUT2D eigenvalue weighted by atomic mass is 16.1. The maximum absolute atomic E-state index is 11.0. The summed E-state index contributed by atoms with van der Waals surface area (Å²) in [7, 11) is 0. The molecule has 1 saturated carbocycles. The van der Waals surface area contributed by atoms with Crippen molar-refractivity contribution in [1.82, 2.24) is 4.90 Å². The van der Waals surface area contributed by atoms with Crippen LogP contribution < -0.4 is 11.1 Å². The first-order valence-electron chi connectivity index (χ1n) is 7.58. The van der Waals surface area contributed by atoms with Gasteiger partial charge in [-0.2, -0.15) is 0 Å². The van der Waals surface area contributed by atoms with E-state index in [0.717, 1.165) is 30.6 Å². The summed E-state index contributed by atoms with van der Waals surface area (Å²) >= 11 is 0. The SMILES string of the molecule is NC(=O)c1ccc(NCCN2CC3CCCC3C2)cc1. The predicted octanol–water partition coefficient (Wildman–Crippen LogP) is 1.93. The quantitative estimate of drug-likeness (QED) is 0.862. The summed E-state index contributed by atoms with van der Waals surface area (Å²) in [5.41, 5.74) is 6.83. The van der Waals surface area contributed by atoms with E-state index >= 15 is 0 Å². The lowest BCUT2D eigenvalue weighted by Gasteiger charge is -2.17. The van der Waals surface area contributed by atoms with Gasteiger partial charge in [0, 0.05) is 37.4 Å². The van der Waals surface area contributed by atoms with E-state index in [1.165, 1.54) is 32.4 Å². The minimum atomic E-state index is -0.375. The topological polar surface area (TPSA) is 58.4 Å². The second kappa shape index (κ2) is 5.83. The zero-order chi connectivity index (χ0) is 13.9. The van der Waals surface area contributed by atoms with Crippen molar-refractivity contribution in [3.63, 3.8) is 0 Å². The van der Waals surface area contributed by atoms with Crippen LogP contribution in [0.1, 0.15) is 29.6 Å². The van der Waals surface area contributed by atoms with Gasteiger partial charge in [0.15, 0.2) is 0 Å². The second-order valence-electron chi connectivity index (χ2n) is 6.08. The Morgan fingerprint density at radius 1 is 1.20 bits per heavy atom. The first-order chi connectivity index (χ1) is 9.72. The molecule has 0 radical (unpaired) electrons. The summed E-state index contributed by atoms with van der Waals surface area (Å²) in [6, 6.07) is 7.37. The van der Waals surface area contributed by atoms with Gasteiger partial charge in [-0.3, -0.25) is 4.79 Å². The van der Waals surface area contributed by atoms with Crippen LogP contribution in [0, 0.1) is 11.8 Å². The van der Waals surface area contributed by atoms with E-state index in [-0.39, 0.29) is 5.91 Å². The van der Waals surface area contributed by atoms with Crippen molar-refractivity contribution in [2.24, 2.45) is 17.6 Å². The molecule has 2 unspecified atom stereocenters. The minimum absolute atomic E-state index is 0.375. The molecule has 108 valence electrons. The van der Waals surface area contributed by atoms with Crippen LogP contribution in [-0.4, -0.2) is 37.0 Å². The molecule has 4 nitrogen and oxygen atoms in total. The van der Waals surface area contributed by atoms with Crippen LogP contribution in [0.5, 0.6) is 0 Å². The lowest BCUT2D eigenvalue weighted by Crippen LogP contribution is -2.27. The molecule has 0 aromatic heterocycles. The van der Waals surface area contributed by atoms with Gasteiger partial charge in [0.1, 0.15) is 0 Å². The number of carbonyl (C=O) groups is 1. The van der Waals surface area contributed by atoms with Gasteiger partial charge < -0.3 is 16.0 Å². The largest absolute Gasteiger partial charge is 0.384 e. The molecule has 1 amide bonds. The number of primary amides is 1. The van der Waals surface area contributed by atoms with Crippen molar-refractivity contribution in [2.45, 2.75) is 19.3 Å². The summed E-state index contributed by atoms with van der Waals surface area (Å²) in [5, 5.41) is 3.41. The molecule has 1 aliphatic carbocycles. The number of amides is 1. The summed E-state index contributed by atoms with van der Waals surface area (Å²) < 4.78 is 0.